The summed E-state index contributed by atoms with van der Waals surface area (Å²) in [6, 6.07) is 7.99. The average Bonchev–Trinajstić information content (AvgIpc) is 2.87. The second-order valence-electron chi connectivity index (χ2n) is 7.87. The van der Waals surface area contributed by atoms with Crippen molar-refractivity contribution < 1.29 is 27.9 Å². The van der Waals surface area contributed by atoms with E-state index in [1.807, 2.05) is 4.72 Å². The first-order valence-corrected chi connectivity index (χ1v) is 13.0. The molecule has 0 atom stereocenters. The molecule has 0 spiro atoms. The number of aliphatic hydroxyl groups excluding tert-OH is 1. The molecule has 1 heterocycles. The van der Waals surface area contributed by atoms with Crippen molar-refractivity contribution in [1.29, 1.82) is 0 Å². The average molecular weight is 505 g/mol. The first-order chi connectivity index (χ1) is 16.7. The monoisotopic (exact) mass is 504 g/mol. The van der Waals surface area contributed by atoms with E-state index in [2.05, 4.69) is 24.1 Å². The maximum atomic E-state index is 12.9. The van der Waals surface area contributed by atoms with Crippen LogP contribution in [0.2, 0.25) is 0 Å². The molecule has 3 amide bonds. The Balaban J connectivity index is 2.09. The number of hydrogen-bond acceptors (Lipinski definition) is 7. The number of pyridine rings is 1. The molecule has 0 aliphatic heterocycles. The zero-order valence-corrected chi connectivity index (χ0v) is 20.8. The van der Waals surface area contributed by atoms with Crippen molar-refractivity contribution in [2.24, 2.45) is 0 Å². The van der Waals surface area contributed by atoms with Gasteiger partial charge in [-0.3, -0.25) is 19.4 Å². The molecule has 0 unspecified atom stereocenters. The largest absolute Gasteiger partial charge is 0.395 e. The Kier molecular flexibility index (Phi) is 10.8. The number of hydrogen-bond donors (Lipinski definition) is 3. The van der Waals surface area contributed by atoms with Gasteiger partial charge in [0.15, 0.2) is 0 Å². The van der Waals surface area contributed by atoms with Gasteiger partial charge in [0.05, 0.1) is 17.1 Å². The van der Waals surface area contributed by atoms with Crippen LogP contribution in [-0.4, -0.2) is 67.4 Å². The van der Waals surface area contributed by atoms with Gasteiger partial charge in [-0.2, -0.15) is 0 Å². The van der Waals surface area contributed by atoms with E-state index in [1.165, 1.54) is 36.4 Å². The lowest BCUT2D eigenvalue weighted by molar-refractivity contribution is 0.0750. The van der Waals surface area contributed by atoms with Crippen LogP contribution in [-0.2, 0) is 10.0 Å². The van der Waals surface area contributed by atoms with E-state index >= 15 is 0 Å². The molecule has 35 heavy (non-hydrogen) atoms. The summed E-state index contributed by atoms with van der Waals surface area (Å²) in [5, 5.41) is 11.2. The van der Waals surface area contributed by atoms with E-state index in [4.69, 9.17) is 5.11 Å². The van der Waals surface area contributed by atoms with Gasteiger partial charge in [0.2, 0.25) is 0 Å². The van der Waals surface area contributed by atoms with E-state index in [9.17, 15) is 22.8 Å². The second-order valence-corrected chi connectivity index (χ2v) is 9.55. The molecule has 190 valence electrons. The number of amides is 3. The number of nitrogens with zero attached hydrogens (tertiary/aromatic N) is 2. The minimum Gasteiger partial charge on any atom is -0.395 e. The van der Waals surface area contributed by atoms with Crippen molar-refractivity contribution in [2.75, 3.05) is 26.2 Å². The van der Waals surface area contributed by atoms with Gasteiger partial charge in [-0.1, -0.05) is 26.7 Å². The molecule has 0 bridgehead atoms. The Morgan fingerprint density at radius 1 is 0.914 bits per heavy atom. The predicted octanol–water partition coefficient (Wildman–Crippen LogP) is 1.96. The zero-order chi connectivity index (χ0) is 25.8. The maximum absolute atomic E-state index is 12.9. The Hall–Kier alpha value is -3.31. The fourth-order valence-electron chi connectivity index (χ4n) is 3.13. The Morgan fingerprint density at radius 3 is 2.03 bits per heavy atom. The molecule has 2 aromatic rings. The summed E-state index contributed by atoms with van der Waals surface area (Å²) in [5.41, 5.74) is 0.341. The number of carbonyl (C=O) groups is 3. The van der Waals surface area contributed by atoms with Gasteiger partial charge in [-0.15, -0.1) is 0 Å². The minimum absolute atomic E-state index is 0.0185. The summed E-state index contributed by atoms with van der Waals surface area (Å²) in [6.45, 7) is 5.21. The third-order valence-electron chi connectivity index (χ3n) is 5.14. The molecule has 0 radical (unpaired) electrons. The quantitative estimate of drug-likeness (QED) is 0.378. The molecule has 1 aromatic carbocycles. The van der Waals surface area contributed by atoms with Crippen LogP contribution in [0, 0.1) is 0 Å². The van der Waals surface area contributed by atoms with E-state index in [-0.39, 0.29) is 35.2 Å². The number of carbonyl (C=O) groups excluding carboxylic acids is 3. The third kappa shape index (κ3) is 8.15. The van der Waals surface area contributed by atoms with Crippen molar-refractivity contribution in [3.8, 4) is 0 Å². The minimum atomic E-state index is -4.20. The molecule has 2 rings (SSSR count). The van der Waals surface area contributed by atoms with E-state index in [0.717, 1.165) is 31.9 Å². The Bertz CT molecular complexity index is 1090. The highest BCUT2D eigenvalue weighted by molar-refractivity contribution is 7.90. The third-order valence-corrected chi connectivity index (χ3v) is 6.49. The van der Waals surface area contributed by atoms with Crippen molar-refractivity contribution >= 4 is 27.7 Å². The molecular weight excluding hydrogens is 472 g/mol. The van der Waals surface area contributed by atoms with Crippen LogP contribution >= 0.6 is 0 Å². The van der Waals surface area contributed by atoms with Gasteiger partial charge < -0.3 is 15.3 Å². The van der Waals surface area contributed by atoms with Gasteiger partial charge in [0, 0.05) is 31.4 Å². The molecular formula is C24H32N4O6S. The van der Waals surface area contributed by atoms with Gasteiger partial charge >= 0.3 is 0 Å². The van der Waals surface area contributed by atoms with Crippen molar-refractivity contribution in [3.63, 3.8) is 0 Å². The van der Waals surface area contributed by atoms with Crippen LogP contribution in [0.3, 0.4) is 0 Å². The highest BCUT2D eigenvalue weighted by atomic mass is 32.2. The number of rotatable bonds is 13. The van der Waals surface area contributed by atoms with Crippen LogP contribution in [0.4, 0.5) is 0 Å². The summed E-state index contributed by atoms with van der Waals surface area (Å²) in [4.78, 5) is 42.6. The molecule has 3 N–H and O–H groups in total. The highest BCUT2D eigenvalue weighted by Crippen LogP contribution is 2.14. The molecule has 1 aromatic heterocycles. The fourth-order valence-corrected chi connectivity index (χ4v) is 4.11. The molecule has 0 aliphatic carbocycles. The number of benzene rings is 1. The van der Waals surface area contributed by atoms with Gasteiger partial charge in [0.25, 0.3) is 27.7 Å². The standard InChI is InChI=1S/C24H32N4O6S/c1-3-5-14-28(15-6-4-2)24(32)18-7-10-20(11-8-18)35(33,34)27-22(30)19-9-12-21(26-17-19)23(31)25-13-16-29/h7-12,17,29H,3-6,13-16H2,1-2H3,(H,25,31)(H,27,30). The summed E-state index contributed by atoms with van der Waals surface area (Å²) < 4.78 is 27.3. The molecule has 0 aliphatic rings. The topological polar surface area (TPSA) is 146 Å². The molecule has 10 nitrogen and oxygen atoms in total. The van der Waals surface area contributed by atoms with Crippen LogP contribution in [0.1, 0.15) is 70.7 Å². The lowest BCUT2D eigenvalue weighted by atomic mass is 10.1. The van der Waals surface area contributed by atoms with Crippen molar-refractivity contribution in [2.45, 2.75) is 44.4 Å². The maximum Gasteiger partial charge on any atom is 0.269 e. The SMILES string of the molecule is CCCCN(CCCC)C(=O)c1ccc(S(=O)(=O)NC(=O)c2ccc(C(=O)NCCO)nc2)cc1. The molecule has 11 heteroatoms. The van der Waals surface area contributed by atoms with Gasteiger partial charge in [-0.05, 0) is 49.2 Å². The smallest absolute Gasteiger partial charge is 0.269 e. The lowest BCUT2D eigenvalue weighted by Gasteiger charge is -2.22. The Labute approximate surface area is 205 Å². The molecule has 0 saturated carbocycles. The lowest BCUT2D eigenvalue weighted by Crippen LogP contribution is -2.33. The summed E-state index contributed by atoms with van der Waals surface area (Å²) >= 11 is 0. The number of unbranched alkanes of at least 4 members (excludes halogenated alkanes) is 2. The summed E-state index contributed by atoms with van der Waals surface area (Å²) in [5.74, 6) is -1.60. The van der Waals surface area contributed by atoms with E-state index < -0.39 is 21.8 Å². The first kappa shape index (κ1) is 27.9. The zero-order valence-electron chi connectivity index (χ0n) is 20.0. The van der Waals surface area contributed by atoms with Crippen LogP contribution in [0.15, 0.2) is 47.5 Å². The van der Waals surface area contributed by atoms with Gasteiger partial charge in [-0.25, -0.2) is 13.1 Å². The van der Waals surface area contributed by atoms with Crippen LogP contribution in [0.5, 0.6) is 0 Å². The van der Waals surface area contributed by atoms with Crippen molar-refractivity contribution in [1.82, 2.24) is 19.9 Å². The van der Waals surface area contributed by atoms with Crippen molar-refractivity contribution in [3.05, 3.63) is 59.4 Å². The highest BCUT2D eigenvalue weighted by Gasteiger charge is 2.21. The molecule has 0 saturated heterocycles. The fraction of sp³-hybridized carbons (Fsp3) is 0.417. The number of nitrogens with one attached hydrogen (secondary N) is 2. The van der Waals surface area contributed by atoms with Gasteiger partial charge in [0.1, 0.15) is 5.69 Å². The first-order valence-electron chi connectivity index (χ1n) is 11.5. The number of sulfonamides is 1. The number of aliphatic hydroxyl groups is 1. The Morgan fingerprint density at radius 2 is 1.51 bits per heavy atom. The number of aromatic nitrogens is 1. The predicted molar refractivity (Wildman–Crippen MR) is 130 cm³/mol. The summed E-state index contributed by atoms with van der Waals surface area (Å²) in [6.07, 6.45) is 4.78. The van der Waals surface area contributed by atoms with Crippen LogP contribution in [0.25, 0.3) is 0 Å². The summed E-state index contributed by atoms with van der Waals surface area (Å²) in [7, 11) is -4.20. The normalized spacial score (nSPS) is 11.1. The second kappa shape index (κ2) is 13.5. The van der Waals surface area contributed by atoms with Crippen LogP contribution < -0.4 is 10.0 Å². The molecule has 0 fully saturated rings. The van der Waals surface area contributed by atoms with E-state index in [1.54, 1.807) is 4.90 Å². The van der Waals surface area contributed by atoms with E-state index in [0.29, 0.717) is 18.7 Å².